The number of halogens is 1. The Bertz CT molecular complexity index is 6780. The fraction of sp³-hybridized carbons (Fsp3) is 0.385. The number of aryl methyl sites for hydroxylation is 1. The summed E-state index contributed by atoms with van der Waals surface area (Å²) in [6, 6.07) is 56.1. The second kappa shape index (κ2) is 50.3. The van der Waals surface area contributed by atoms with Gasteiger partial charge >= 0.3 is 5.91 Å². The third-order valence-corrected chi connectivity index (χ3v) is 28.2. The first-order valence-corrected chi connectivity index (χ1v) is 51.0. The van der Waals surface area contributed by atoms with E-state index in [0.29, 0.717) is 217 Å². The summed E-state index contributed by atoms with van der Waals surface area (Å²) in [4.78, 5) is 167. The minimum absolute atomic E-state index is 0.0645. The Morgan fingerprint density at radius 3 is 1.46 bits per heavy atom. The molecule has 19 rings (SSSR count). The molecule has 2 N–H and O–H groups in total. The van der Waals surface area contributed by atoms with E-state index in [4.69, 9.17) is 27.6 Å². The number of nitrogens with zero attached hydrogens (tertiary/aromatic N) is 24. The van der Waals surface area contributed by atoms with Crippen LogP contribution >= 0.6 is 11.6 Å². The number of piperazine rings is 5. The molecule has 6 fully saturated rings. The van der Waals surface area contributed by atoms with Gasteiger partial charge in [-0.1, -0.05) is 141 Å². The number of imidazole rings is 1. The third-order valence-electron chi connectivity index (χ3n) is 27.9. The van der Waals surface area contributed by atoms with Crippen molar-refractivity contribution in [3.05, 3.63) is 312 Å². The summed E-state index contributed by atoms with van der Waals surface area (Å²) in [7, 11) is 3.99. The van der Waals surface area contributed by atoms with Gasteiger partial charge in [0, 0.05) is 207 Å². The van der Waals surface area contributed by atoms with Crippen LogP contribution in [0.1, 0.15) is 85.7 Å². The first-order chi connectivity index (χ1) is 72.1. The number of aromatic nitrogens is 11. The van der Waals surface area contributed by atoms with Gasteiger partial charge in [0.1, 0.15) is 34.5 Å². The molecule has 0 radical (unpaired) electrons. The van der Waals surface area contributed by atoms with Crippen LogP contribution in [0.4, 0.5) is 45.5 Å². The zero-order valence-electron chi connectivity index (χ0n) is 84.4. The average molecular weight is 2030 g/mol. The number of anilines is 8. The van der Waals surface area contributed by atoms with Crippen molar-refractivity contribution in [2.24, 2.45) is 5.41 Å². The summed E-state index contributed by atoms with van der Waals surface area (Å²) in [5.41, 5.74) is 8.64. The average Bonchev–Trinajstić information content (AvgIpc) is 1.73. The van der Waals surface area contributed by atoms with Crippen LogP contribution in [0.25, 0.3) is 27.6 Å². The minimum atomic E-state index is -0.932. The normalized spacial score (nSPS) is 15.9. The van der Waals surface area contributed by atoms with Gasteiger partial charge in [-0.05, 0) is 125 Å². The molecule has 6 amide bonds. The Morgan fingerprint density at radius 1 is 0.500 bits per heavy atom. The Kier molecular flexibility index (Phi) is 35.7. The summed E-state index contributed by atoms with van der Waals surface area (Å²) in [6.07, 6.45) is 21.2. The molecule has 6 aromatic heterocycles. The smallest absolute Gasteiger partial charge is 0.302 e. The fourth-order valence-electron chi connectivity index (χ4n) is 19.5. The van der Waals surface area contributed by atoms with Crippen LogP contribution in [0, 0.1) is 12.0 Å². The number of ether oxygens (including phenoxy) is 2. The zero-order valence-corrected chi connectivity index (χ0v) is 85.1. The summed E-state index contributed by atoms with van der Waals surface area (Å²) < 4.78 is 18.8. The molecule has 0 bridgehead atoms. The van der Waals surface area contributed by atoms with Gasteiger partial charge < -0.3 is 83.4 Å². The van der Waals surface area contributed by atoms with Crippen molar-refractivity contribution in [1.82, 2.24) is 83.1 Å². The number of rotatable bonds is 30. The van der Waals surface area contributed by atoms with Crippen molar-refractivity contribution < 1.29 is 38.2 Å². The van der Waals surface area contributed by atoms with E-state index in [9.17, 15) is 47.9 Å². The number of para-hydroxylation sites is 5. The first kappa shape index (κ1) is 105. The second-order valence-electron chi connectivity index (χ2n) is 37.4. The van der Waals surface area contributed by atoms with E-state index in [-0.39, 0.29) is 58.5 Å². The molecule has 1 aliphatic carbocycles. The third kappa shape index (κ3) is 25.2. The van der Waals surface area contributed by atoms with Crippen LogP contribution in [-0.4, -0.2) is 316 Å². The Balaban J connectivity index is 0.000000142. The van der Waals surface area contributed by atoms with E-state index < -0.39 is 17.9 Å². The van der Waals surface area contributed by atoms with Gasteiger partial charge in [-0.2, -0.15) is 39.1 Å². The Labute approximate surface area is 864 Å². The number of pyridine rings is 1. The molecular formula is C109H127ClN26O12. The van der Waals surface area contributed by atoms with Crippen molar-refractivity contribution in [2.45, 2.75) is 78.3 Å². The van der Waals surface area contributed by atoms with Crippen molar-refractivity contribution in [2.75, 3.05) is 231 Å². The minimum Gasteiger partial charge on any atom is -0.482 e. The Hall–Kier alpha value is -15.9. The van der Waals surface area contributed by atoms with E-state index in [1.54, 1.807) is 102 Å². The molecule has 6 aliphatic heterocycles. The molecule has 148 heavy (non-hydrogen) atoms. The highest BCUT2D eigenvalue weighted by molar-refractivity contribution is 6.32. The van der Waals surface area contributed by atoms with Crippen molar-refractivity contribution in [3.63, 3.8) is 0 Å². The zero-order chi connectivity index (χ0) is 104. The van der Waals surface area contributed by atoms with Crippen LogP contribution in [-0.2, 0) is 36.9 Å². The molecule has 1 atom stereocenters. The van der Waals surface area contributed by atoms with Crippen molar-refractivity contribution >= 4 is 92.5 Å². The summed E-state index contributed by atoms with van der Waals surface area (Å²) in [5, 5.41) is 25.1. The van der Waals surface area contributed by atoms with Crippen molar-refractivity contribution in [1.29, 1.82) is 0 Å². The number of nitrogens with one attached hydrogen (secondary N) is 2. The number of carbonyl (C=O) groups is 6. The van der Waals surface area contributed by atoms with Crippen LogP contribution in [0.3, 0.4) is 0 Å². The van der Waals surface area contributed by atoms with Crippen LogP contribution in [0.15, 0.2) is 257 Å². The quantitative estimate of drug-likeness (QED) is 0.0240. The number of likely N-dealkylation sites (N-methyl/N-ethyl adjacent to an activating group) is 2. The molecule has 0 spiro atoms. The van der Waals surface area contributed by atoms with Gasteiger partial charge in [0.05, 0.1) is 99.4 Å². The standard InChI is InChI=1S/C33H33N7O4.C28H37N7O2.C27H31ClN6O3.C21H26N6O3/c1-23(39-31(42)26-13-6-7-14-27(26)32(39)43)30(41)38-20-18-37(19-21-38)28-22-35-40(25-11-4-3-5-12-25)33(44)29(28)36(2)17-15-24-10-8-9-16-34-24;1-28(11-6-3-7-12-28)27(37)34-19-17-33(18-20-34)24-21-31-35(23-9-4-2-5-10-23)26(36)25(24)30-13-8-15-32-16-14-29-22-32;1-30-11-13-33(14-12-30)26-23(19-29-34(27(26)36)21-7-3-2-4-8-21)31-15-17-32(18-16-31)25(35)20-37-24-10-6-5-9-22(24)28;1-3-30-14-9-23-20-18(25-10-12-26(13-11-25)19(28)16-22-2)15-24-27(21(20)29)17-7-5-4-6-8-17/h3-14,16,22-23H,15,17-21H2,1-2H3;2,4-5,9-10,14,16,21-22,30H,3,6-8,11-13,15,17-20H2,1H3;2-10,19H,11-18,20H2,1H3;4-8,15,23H,3,9-14,16H2,1H3. The maximum Gasteiger partial charge on any atom is 0.302 e. The number of benzene rings is 6. The number of hydrogen-bond donors (Lipinski definition) is 2. The van der Waals surface area contributed by atoms with Crippen LogP contribution in [0.5, 0.6) is 5.75 Å². The number of carbonyl (C=O) groups excluding carboxylic acids is 6. The monoisotopic (exact) mass is 2030 g/mol. The lowest BCUT2D eigenvalue weighted by molar-refractivity contribution is -0.143. The lowest BCUT2D eigenvalue weighted by atomic mass is 9.74. The summed E-state index contributed by atoms with van der Waals surface area (Å²) in [5.74, 6) is -0.638. The molecule has 772 valence electrons. The summed E-state index contributed by atoms with van der Waals surface area (Å²) in [6.45, 7) is 28.1. The van der Waals surface area contributed by atoms with E-state index in [1.807, 2.05) is 191 Å². The molecule has 1 saturated carbocycles. The SMILES string of the molecule is CC(C(=O)N1CCN(c2cnn(-c3ccccc3)c(=O)c2N(C)CCc2ccccn2)CC1)N1C(=O)c2ccccc2C1=O.CC1(C(=O)N2CCN(c3cnn(-c4ccccc4)c(=O)c3NCCCn3ccnc3)CC2)CCCCC1.CN1CCN(c2c(N3CCN(C(=O)COc4ccccc4Cl)CC3)cnn(-c3ccccc3)c2=O)CC1.[C-]#[N+]CC(=O)N1CCN(c2cnn(-c3ccccc3)c(=O)c2NCCOCC)CC1. The molecule has 38 nitrogen and oxygen atoms in total. The van der Waals surface area contributed by atoms with Crippen molar-refractivity contribution in [3.8, 4) is 28.5 Å². The van der Waals surface area contributed by atoms with Gasteiger partial charge in [0.2, 0.25) is 11.8 Å². The van der Waals surface area contributed by atoms with Gasteiger partial charge in [-0.15, -0.1) is 0 Å². The Morgan fingerprint density at radius 2 is 0.953 bits per heavy atom. The predicted octanol–water partition coefficient (Wildman–Crippen LogP) is 9.80. The molecule has 1 unspecified atom stereocenters. The maximum absolute atomic E-state index is 13.9. The lowest BCUT2D eigenvalue weighted by Gasteiger charge is -2.42. The van der Waals surface area contributed by atoms with E-state index in [0.717, 1.165) is 98.2 Å². The topological polar surface area (TPSA) is 358 Å². The molecule has 6 aromatic carbocycles. The van der Waals surface area contributed by atoms with E-state index in [1.165, 1.54) is 25.1 Å². The van der Waals surface area contributed by atoms with Gasteiger partial charge in [-0.3, -0.25) is 57.8 Å². The molecule has 5 saturated heterocycles. The number of amides is 6. The fourth-order valence-corrected chi connectivity index (χ4v) is 19.7. The van der Waals surface area contributed by atoms with Gasteiger partial charge in [0.25, 0.3) is 46.5 Å². The first-order valence-electron chi connectivity index (χ1n) is 50.6. The van der Waals surface area contributed by atoms with Crippen LogP contribution < -0.4 is 67.0 Å². The number of fused-ring (bicyclic) bond motifs is 1. The molecule has 39 heteroatoms. The van der Waals surface area contributed by atoms with Gasteiger partial charge in [0.15, 0.2) is 6.61 Å². The number of hydrogen-bond acceptors (Lipinski definition) is 27. The highest BCUT2D eigenvalue weighted by Crippen LogP contribution is 2.39. The highest BCUT2D eigenvalue weighted by Gasteiger charge is 2.44. The largest absolute Gasteiger partial charge is 0.482 e. The van der Waals surface area contributed by atoms with E-state index in [2.05, 4.69) is 84.3 Å². The van der Waals surface area contributed by atoms with Crippen LogP contribution in [0.2, 0.25) is 5.02 Å². The molecule has 12 heterocycles. The molecule has 12 aromatic rings. The molecule has 7 aliphatic rings. The predicted molar refractivity (Wildman–Crippen MR) is 572 cm³/mol. The van der Waals surface area contributed by atoms with E-state index >= 15 is 0 Å². The molecular weight excluding hydrogens is 1900 g/mol. The maximum atomic E-state index is 13.9. The number of imide groups is 1. The summed E-state index contributed by atoms with van der Waals surface area (Å²) >= 11 is 6.13. The highest BCUT2D eigenvalue weighted by atomic mass is 35.5. The lowest BCUT2D eigenvalue weighted by Crippen LogP contribution is -2.55. The van der Waals surface area contributed by atoms with Gasteiger partial charge in [-0.25, -0.2) is 11.6 Å². The second-order valence-corrected chi connectivity index (χ2v) is 37.9.